The van der Waals surface area contributed by atoms with E-state index in [9.17, 15) is 0 Å². The largest absolute Gasteiger partial charge is 0.493 e. The Morgan fingerprint density at radius 1 is 1.42 bits per heavy atom. The van der Waals surface area contributed by atoms with E-state index in [1.54, 1.807) is 31.5 Å². The first-order chi connectivity index (χ1) is 9.12. The number of aliphatic imine (C=N–C) groups is 1. The Hall–Kier alpha value is -2.41. The molecule has 0 bridgehead atoms. The molecule has 3 rings (SSSR count). The first kappa shape index (κ1) is 11.7. The Labute approximate surface area is 109 Å². The molecule has 7 heteroatoms. The van der Waals surface area contributed by atoms with Gasteiger partial charge in [-0.2, -0.15) is 0 Å². The number of nitrogens with one attached hydrogen (secondary N) is 1. The Morgan fingerprint density at radius 3 is 3.00 bits per heavy atom. The summed E-state index contributed by atoms with van der Waals surface area (Å²) >= 11 is 0. The van der Waals surface area contributed by atoms with Crippen molar-refractivity contribution in [1.29, 1.82) is 0 Å². The van der Waals surface area contributed by atoms with Gasteiger partial charge in [0.1, 0.15) is 5.84 Å². The van der Waals surface area contributed by atoms with Crippen LogP contribution in [0.1, 0.15) is 5.56 Å². The molecule has 0 amide bonds. The first-order valence-corrected chi connectivity index (χ1v) is 5.69. The molecule has 2 heterocycles. The zero-order valence-electron chi connectivity index (χ0n) is 10.3. The summed E-state index contributed by atoms with van der Waals surface area (Å²) in [4.78, 5) is 4.21. The van der Waals surface area contributed by atoms with Crippen LogP contribution in [0.4, 0.5) is 0 Å². The van der Waals surface area contributed by atoms with Gasteiger partial charge in [0.25, 0.3) is 0 Å². The van der Waals surface area contributed by atoms with E-state index in [1.807, 2.05) is 0 Å². The van der Waals surface area contributed by atoms with Crippen LogP contribution >= 0.6 is 0 Å². The van der Waals surface area contributed by atoms with Crippen LogP contribution in [0.25, 0.3) is 0 Å². The second-order valence-corrected chi connectivity index (χ2v) is 4.19. The van der Waals surface area contributed by atoms with Gasteiger partial charge in [0.2, 0.25) is 18.3 Å². The molecule has 0 fully saturated rings. The molecule has 0 saturated carbocycles. The summed E-state index contributed by atoms with van der Waals surface area (Å²) in [5, 5.41) is 2.96. The molecule has 2 aliphatic heterocycles. The van der Waals surface area contributed by atoms with Crippen molar-refractivity contribution >= 4 is 5.84 Å². The number of fused-ring (bicyclic) bond motifs is 1. The number of ether oxygens (including phenoxy) is 3. The normalized spacial score (nSPS) is 23.8. The molecule has 0 spiro atoms. The smallest absolute Gasteiger partial charge is 0.231 e. The van der Waals surface area contributed by atoms with Crippen LogP contribution in [-0.2, 0) is 5.79 Å². The number of benzene rings is 1. The van der Waals surface area contributed by atoms with Crippen LogP contribution in [0.2, 0.25) is 0 Å². The van der Waals surface area contributed by atoms with E-state index in [-0.39, 0.29) is 6.79 Å². The van der Waals surface area contributed by atoms with Gasteiger partial charge in [-0.25, -0.2) is 4.99 Å². The van der Waals surface area contributed by atoms with Gasteiger partial charge in [-0.1, -0.05) is 0 Å². The number of rotatable bonds is 2. The van der Waals surface area contributed by atoms with Gasteiger partial charge >= 0.3 is 0 Å². The number of nitrogens with zero attached hydrogens (tertiary/aromatic N) is 1. The fourth-order valence-corrected chi connectivity index (χ4v) is 2.02. The molecule has 2 aliphatic rings. The van der Waals surface area contributed by atoms with Gasteiger partial charge in [-0.15, -0.1) is 0 Å². The van der Waals surface area contributed by atoms with Crippen molar-refractivity contribution in [1.82, 2.24) is 5.32 Å². The molecular weight excluding hydrogens is 248 g/mol. The molecule has 0 aliphatic carbocycles. The van der Waals surface area contributed by atoms with Crippen molar-refractivity contribution in [3.8, 4) is 17.2 Å². The van der Waals surface area contributed by atoms with Crippen LogP contribution in [0.5, 0.6) is 17.2 Å². The third-order valence-electron chi connectivity index (χ3n) is 2.96. The van der Waals surface area contributed by atoms with Crippen LogP contribution < -0.4 is 31.0 Å². The summed E-state index contributed by atoms with van der Waals surface area (Å²) in [5.74, 6) is 0.882. The lowest BCUT2D eigenvalue weighted by atomic mass is 10.1. The maximum absolute atomic E-state index is 6.21. The van der Waals surface area contributed by atoms with Crippen molar-refractivity contribution in [2.24, 2.45) is 16.5 Å². The fourth-order valence-electron chi connectivity index (χ4n) is 2.02. The quantitative estimate of drug-likeness (QED) is 0.691. The third kappa shape index (κ3) is 1.84. The summed E-state index contributed by atoms with van der Waals surface area (Å²) in [6.07, 6.45) is 3.29. The number of nitrogens with two attached hydrogens (primary N) is 2. The van der Waals surface area contributed by atoms with E-state index >= 15 is 0 Å². The number of amidine groups is 1. The molecule has 0 saturated heterocycles. The molecule has 100 valence electrons. The van der Waals surface area contributed by atoms with Crippen molar-refractivity contribution < 1.29 is 14.2 Å². The maximum Gasteiger partial charge on any atom is 0.231 e. The van der Waals surface area contributed by atoms with Gasteiger partial charge in [0, 0.05) is 11.8 Å². The summed E-state index contributed by atoms with van der Waals surface area (Å²) in [6, 6.07) is 3.50. The van der Waals surface area contributed by atoms with E-state index in [0.29, 0.717) is 28.6 Å². The first-order valence-electron chi connectivity index (χ1n) is 5.69. The molecule has 19 heavy (non-hydrogen) atoms. The molecular formula is C12H14N4O3. The predicted octanol–water partition coefficient (Wildman–Crippen LogP) is -0.0330. The minimum absolute atomic E-state index is 0.158. The monoisotopic (exact) mass is 262 g/mol. The molecule has 1 unspecified atom stereocenters. The zero-order valence-corrected chi connectivity index (χ0v) is 10.3. The average molecular weight is 262 g/mol. The Bertz CT molecular complexity index is 585. The van der Waals surface area contributed by atoms with Gasteiger partial charge in [0.05, 0.1) is 7.11 Å². The van der Waals surface area contributed by atoms with E-state index in [0.717, 1.165) is 0 Å². The van der Waals surface area contributed by atoms with E-state index in [2.05, 4.69) is 10.3 Å². The number of hydrogen-bond donors (Lipinski definition) is 3. The van der Waals surface area contributed by atoms with Crippen molar-refractivity contribution in [3.63, 3.8) is 0 Å². The fraction of sp³-hybridized carbons (Fsp3) is 0.250. The molecule has 0 radical (unpaired) electrons. The van der Waals surface area contributed by atoms with Gasteiger partial charge in [0.15, 0.2) is 11.5 Å². The molecule has 0 aromatic heterocycles. The topological polar surface area (TPSA) is 104 Å². The highest BCUT2D eigenvalue weighted by Gasteiger charge is 2.31. The Balaban J connectivity index is 2.09. The summed E-state index contributed by atoms with van der Waals surface area (Å²) in [6.45, 7) is 0.158. The Kier molecular flexibility index (Phi) is 2.49. The zero-order chi connectivity index (χ0) is 13.5. The predicted molar refractivity (Wildman–Crippen MR) is 68.9 cm³/mol. The van der Waals surface area contributed by atoms with Crippen molar-refractivity contribution in [2.45, 2.75) is 5.79 Å². The highest BCUT2D eigenvalue weighted by molar-refractivity contribution is 5.92. The van der Waals surface area contributed by atoms with Gasteiger partial charge < -0.3 is 25.3 Å². The summed E-state index contributed by atoms with van der Waals surface area (Å²) in [5.41, 5.74) is 12.6. The number of methoxy groups -OCH3 is 1. The SMILES string of the molecule is COc1cc(C2(N)N=C(N)C=CN2)cc2c1OCO2. The average Bonchev–Trinajstić information content (AvgIpc) is 2.85. The van der Waals surface area contributed by atoms with E-state index in [1.165, 1.54) is 0 Å². The lowest BCUT2D eigenvalue weighted by Crippen LogP contribution is -2.49. The van der Waals surface area contributed by atoms with Crippen molar-refractivity contribution in [3.05, 3.63) is 30.0 Å². The van der Waals surface area contributed by atoms with Crippen LogP contribution in [-0.4, -0.2) is 19.7 Å². The second kappa shape index (κ2) is 4.06. The maximum atomic E-state index is 6.21. The Morgan fingerprint density at radius 2 is 2.26 bits per heavy atom. The van der Waals surface area contributed by atoms with E-state index < -0.39 is 5.79 Å². The molecule has 1 aromatic rings. The van der Waals surface area contributed by atoms with E-state index in [4.69, 9.17) is 25.7 Å². The van der Waals surface area contributed by atoms with Gasteiger partial charge in [-0.3, -0.25) is 5.73 Å². The standard InChI is InChI=1S/C12H14N4O3/c1-17-8-4-7(5-9-11(8)19-6-18-9)12(14)15-3-2-10(13)16-12/h2-5,15H,6,14H2,1H3,(H2,13,16). The minimum atomic E-state index is -1.15. The molecule has 7 nitrogen and oxygen atoms in total. The van der Waals surface area contributed by atoms with Crippen molar-refractivity contribution in [2.75, 3.05) is 13.9 Å². The second-order valence-electron chi connectivity index (χ2n) is 4.19. The molecule has 1 atom stereocenters. The highest BCUT2D eigenvalue weighted by Crippen LogP contribution is 2.43. The molecule has 1 aromatic carbocycles. The minimum Gasteiger partial charge on any atom is -0.493 e. The number of hydrogen-bond acceptors (Lipinski definition) is 7. The molecule has 5 N–H and O–H groups in total. The summed E-state index contributed by atoms with van der Waals surface area (Å²) in [7, 11) is 1.55. The summed E-state index contributed by atoms with van der Waals surface area (Å²) < 4.78 is 16.0. The van der Waals surface area contributed by atoms with Gasteiger partial charge in [-0.05, 0) is 18.2 Å². The van der Waals surface area contributed by atoms with Crippen LogP contribution in [0.3, 0.4) is 0 Å². The lowest BCUT2D eigenvalue weighted by Gasteiger charge is -2.29. The lowest BCUT2D eigenvalue weighted by molar-refractivity contribution is 0.171. The third-order valence-corrected chi connectivity index (χ3v) is 2.96. The van der Waals surface area contributed by atoms with Crippen LogP contribution in [0, 0.1) is 0 Å². The van der Waals surface area contributed by atoms with Crippen LogP contribution in [0.15, 0.2) is 29.4 Å². The highest BCUT2D eigenvalue weighted by atomic mass is 16.7.